The molecule has 4 amide bonds. The fraction of sp³-hybridized carbons (Fsp3) is 0.414. The van der Waals surface area contributed by atoms with E-state index in [1.54, 1.807) is 11.0 Å². The molecular formula is C29H32F5N5O5. The first-order chi connectivity index (χ1) is 21.0. The van der Waals surface area contributed by atoms with Gasteiger partial charge in [0.1, 0.15) is 6.04 Å². The minimum absolute atomic E-state index is 0.00556. The SMILES string of the molecule is COCC1=C(C(=O)OC)[C@H](c2ccc(F)c(F)c2)N(C(=O)NCCNC2CCN(c3ccccc3C(F)(F)F)CC2)C(=O)N1. The van der Waals surface area contributed by atoms with Crippen molar-refractivity contribution in [3.63, 3.8) is 0 Å². The van der Waals surface area contributed by atoms with Gasteiger partial charge in [0.05, 0.1) is 30.6 Å². The Labute approximate surface area is 250 Å². The molecule has 2 aromatic rings. The topological polar surface area (TPSA) is 112 Å². The van der Waals surface area contributed by atoms with E-state index in [1.807, 2.05) is 0 Å². The lowest BCUT2D eigenvalue weighted by atomic mass is 9.93. The summed E-state index contributed by atoms with van der Waals surface area (Å²) >= 11 is 0. The minimum Gasteiger partial charge on any atom is -0.466 e. The maximum Gasteiger partial charge on any atom is 0.418 e. The Kier molecular flexibility index (Phi) is 10.4. The Morgan fingerprint density at radius 2 is 1.73 bits per heavy atom. The summed E-state index contributed by atoms with van der Waals surface area (Å²) in [5.74, 6) is -3.33. The summed E-state index contributed by atoms with van der Waals surface area (Å²) in [6, 6.07) is 4.84. The third-order valence-electron chi connectivity index (χ3n) is 7.38. The number of alkyl halides is 3. The molecule has 1 saturated heterocycles. The quantitative estimate of drug-likeness (QED) is 0.219. The van der Waals surface area contributed by atoms with Gasteiger partial charge in [-0.05, 0) is 42.7 Å². The van der Waals surface area contributed by atoms with Gasteiger partial charge in [-0.3, -0.25) is 0 Å². The van der Waals surface area contributed by atoms with Crippen LogP contribution in [0.3, 0.4) is 0 Å². The number of halogens is 5. The number of hydrogen-bond acceptors (Lipinski definition) is 7. The largest absolute Gasteiger partial charge is 0.466 e. The van der Waals surface area contributed by atoms with Crippen molar-refractivity contribution in [2.24, 2.45) is 0 Å². The number of rotatable bonds is 9. The fourth-order valence-electron chi connectivity index (χ4n) is 5.32. The number of hydrogen-bond donors (Lipinski definition) is 3. The number of amides is 4. The van der Waals surface area contributed by atoms with E-state index >= 15 is 0 Å². The van der Waals surface area contributed by atoms with E-state index in [0.717, 1.165) is 31.4 Å². The summed E-state index contributed by atoms with van der Waals surface area (Å²) < 4.78 is 78.2. The monoisotopic (exact) mass is 625 g/mol. The molecule has 0 unspecified atom stereocenters. The lowest BCUT2D eigenvalue weighted by Gasteiger charge is -2.37. The number of methoxy groups -OCH3 is 2. The van der Waals surface area contributed by atoms with Gasteiger partial charge in [0.2, 0.25) is 0 Å². The van der Waals surface area contributed by atoms with Crippen molar-refractivity contribution >= 4 is 23.7 Å². The van der Waals surface area contributed by atoms with Gasteiger partial charge in [-0.25, -0.2) is 28.1 Å². The molecule has 0 spiro atoms. The first-order valence-corrected chi connectivity index (χ1v) is 13.7. The molecule has 1 atom stereocenters. The Morgan fingerprint density at radius 3 is 2.36 bits per heavy atom. The standard InChI is InChI=1S/C29H32F5N5O5/c1-43-16-22-24(26(40)44-2)25(17-7-8-20(30)21(31)15-17)39(28(42)37-22)27(41)36-12-11-35-18-9-13-38(14-10-18)23-6-4-3-5-19(23)29(32,33)34/h3-8,15,18,25,35H,9-14,16H2,1-2H3,(H,36,41)(H,37,42)/t25-/m0/s1. The van der Waals surface area contributed by atoms with E-state index in [-0.39, 0.29) is 48.3 Å². The molecule has 2 heterocycles. The van der Waals surface area contributed by atoms with Crippen LogP contribution in [0.1, 0.15) is 30.0 Å². The maximum atomic E-state index is 14.2. The van der Waals surface area contributed by atoms with Crippen LogP contribution in [0.15, 0.2) is 53.7 Å². The maximum absolute atomic E-state index is 14.2. The molecule has 44 heavy (non-hydrogen) atoms. The Morgan fingerprint density at radius 1 is 1.02 bits per heavy atom. The van der Waals surface area contributed by atoms with Crippen LogP contribution in [0, 0.1) is 11.6 Å². The molecule has 10 nitrogen and oxygen atoms in total. The van der Waals surface area contributed by atoms with Gasteiger partial charge in [-0.1, -0.05) is 18.2 Å². The van der Waals surface area contributed by atoms with E-state index in [9.17, 15) is 36.3 Å². The number of piperidine rings is 1. The lowest BCUT2D eigenvalue weighted by molar-refractivity contribution is -0.137. The lowest BCUT2D eigenvalue weighted by Crippen LogP contribution is -2.56. The smallest absolute Gasteiger partial charge is 0.418 e. The van der Waals surface area contributed by atoms with E-state index < -0.39 is 47.4 Å². The van der Waals surface area contributed by atoms with Crippen molar-refractivity contribution in [3.05, 3.63) is 76.5 Å². The van der Waals surface area contributed by atoms with Crippen LogP contribution in [-0.2, 0) is 20.4 Å². The summed E-state index contributed by atoms with van der Waals surface area (Å²) in [6.45, 7) is 0.846. The number of ether oxygens (including phenoxy) is 2. The first kappa shape index (κ1) is 32.7. The zero-order valence-electron chi connectivity index (χ0n) is 24.0. The number of carbonyl (C=O) groups is 3. The summed E-state index contributed by atoms with van der Waals surface area (Å²) in [4.78, 5) is 41.5. The predicted molar refractivity (Wildman–Crippen MR) is 148 cm³/mol. The number of anilines is 1. The van der Waals surface area contributed by atoms with E-state index in [2.05, 4.69) is 16.0 Å². The zero-order valence-corrected chi connectivity index (χ0v) is 24.0. The molecule has 0 bridgehead atoms. The van der Waals surface area contributed by atoms with Gasteiger partial charge in [-0.15, -0.1) is 0 Å². The number of benzene rings is 2. The second-order valence-corrected chi connectivity index (χ2v) is 10.2. The van der Waals surface area contributed by atoms with Crippen molar-refractivity contribution < 1.29 is 45.8 Å². The van der Waals surface area contributed by atoms with Crippen molar-refractivity contribution in [3.8, 4) is 0 Å². The third-order valence-corrected chi connectivity index (χ3v) is 7.38. The molecule has 4 rings (SSSR count). The highest BCUT2D eigenvalue weighted by Crippen LogP contribution is 2.38. The summed E-state index contributed by atoms with van der Waals surface area (Å²) in [5, 5.41) is 8.27. The van der Waals surface area contributed by atoms with Gasteiger partial charge < -0.3 is 30.3 Å². The van der Waals surface area contributed by atoms with Gasteiger partial charge in [-0.2, -0.15) is 13.2 Å². The third kappa shape index (κ3) is 7.27. The van der Waals surface area contributed by atoms with Gasteiger partial charge in [0.15, 0.2) is 11.6 Å². The Hall–Kier alpha value is -4.24. The molecule has 2 aliphatic heterocycles. The normalized spacial score (nSPS) is 17.9. The second-order valence-electron chi connectivity index (χ2n) is 10.2. The van der Waals surface area contributed by atoms with Crippen LogP contribution in [-0.4, -0.2) is 76.0 Å². The molecule has 3 N–H and O–H groups in total. The van der Waals surface area contributed by atoms with E-state index in [0.29, 0.717) is 30.8 Å². The average molecular weight is 626 g/mol. The van der Waals surface area contributed by atoms with Crippen LogP contribution >= 0.6 is 0 Å². The fourth-order valence-corrected chi connectivity index (χ4v) is 5.32. The van der Waals surface area contributed by atoms with Crippen LogP contribution in [0.2, 0.25) is 0 Å². The molecular weight excluding hydrogens is 593 g/mol. The molecule has 0 aromatic heterocycles. The Balaban J connectivity index is 1.41. The van der Waals surface area contributed by atoms with Crippen LogP contribution in [0.5, 0.6) is 0 Å². The minimum atomic E-state index is -4.46. The average Bonchev–Trinajstić information content (AvgIpc) is 3.00. The first-order valence-electron chi connectivity index (χ1n) is 13.7. The zero-order chi connectivity index (χ0) is 32.0. The van der Waals surface area contributed by atoms with Crippen molar-refractivity contribution in [2.45, 2.75) is 31.1 Å². The Bertz CT molecular complexity index is 1410. The van der Waals surface area contributed by atoms with Crippen LogP contribution in [0.25, 0.3) is 0 Å². The number of nitrogens with one attached hydrogen (secondary N) is 3. The summed E-state index contributed by atoms with van der Waals surface area (Å²) in [7, 11) is 2.41. The summed E-state index contributed by atoms with van der Waals surface area (Å²) in [6.07, 6.45) is -3.34. The number of nitrogens with zero attached hydrogens (tertiary/aromatic N) is 2. The van der Waals surface area contributed by atoms with E-state index in [1.165, 1.54) is 19.2 Å². The van der Waals surface area contributed by atoms with Crippen molar-refractivity contribution in [1.29, 1.82) is 0 Å². The van der Waals surface area contributed by atoms with Gasteiger partial charge >= 0.3 is 24.2 Å². The number of esters is 1. The molecule has 0 saturated carbocycles. The number of carbonyl (C=O) groups excluding carboxylic acids is 3. The number of urea groups is 2. The molecule has 238 valence electrons. The predicted octanol–water partition coefficient (Wildman–Crippen LogP) is 4.09. The van der Waals surface area contributed by atoms with E-state index in [4.69, 9.17) is 9.47 Å². The highest BCUT2D eigenvalue weighted by molar-refractivity contribution is 6.01. The number of imide groups is 1. The van der Waals surface area contributed by atoms with Crippen LogP contribution < -0.4 is 20.9 Å². The number of para-hydroxylation sites is 1. The highest BCUT2D eigenvalue weighted by Gasteiger charge is 2.43. The molecule has 0 aliphatic carbocycles. The molecule has 15 heteroatoms. The molecule has 2 aliphatic rings. The van der Waals surface area contributed by atoms with Crippen molar-refractivity contribution in [2.75, 3.05) is 51.9 Å². The van der Waals surface area contributed by atoms with Crippen LogP contribution in [0.4, 0.5) is 37.2 Å². The molecule has 1 fully saturated rings. The van der Waals surface area contributed by atoms with Gasteiger partial charge in [0.25, 0.3) is 0 Å². The van der Waals surface area contributed by atoms with Gasteiger partial charge in [0, 0.05) is 45.0 Å². The van der Waals surface area contributed by atoms with Crippen molar-refractivity contribution in [1.82, 2.24) is 20.9 Å². The molecule has 2 aromatic carbocycles. The highest BCUT2D eigenvalue weighted by atomic mass is 19.4. The molecule has 0 radical (unpaired) electrons. The summed E-state index contributed by atoms with van der Waals surface area (Å²) in [5.41, 5.74) is -0.812. The second kappa shape index (κ2) is 14.0.